The van der Waals surface area contributed by atoms with Gasteiger partial charge in [-0.05, 0) is 95.9 Å². The molecular formula is C34H36BN5O4S2. The fourth-order valence-electron chi connectivity index (χ4n) is 6.62. The highest BCUT2D eigenvalue weighted by atomic mass is 32.1. The Morgan fingerprint density at radius 2 is 1.22 bits per heavy atom. The van der Waals surface area contributed by atoms with E-state index in [0.717, 1.165) is 79.2 Å². The van der Waals surface area contributed by atoms with Gasteiger partial charge in [0, 0.05) is 28.5 Å². The van der Waals surface area contributed by atoms with Crippen molar-refractivity contribution in [3.8, 4) is 0 Å². The van der Waals surface area contributed by atoms with Crippen LogP contribution in [0.4, 0.5) is 5.69 Å². The van der Waals surface area contributed by atoms with Crippen molar-refractivity contribution >= 4 is 83.2 Å². The van der Waals surface area contributed by atoms with Crippen LogP contribution in [0.2, 0.25) is 0 Å². The van der Waals surface area contributed by atoms with Crippen LogP contribution in [0.5, 0.6) is 0 Å². The average Bonchev–Trinajstić information content (AvgIpc) is 3.90. The van der Waals surface area contributed by atoms with Crippen molar-refractivity contribution in [2.45, 2.75) is 90.5 Å². The number of rotatable bonds is 3. The van der Waals surface area contributed by atoms with Gasteiger partial charge in [0.15, 0.2) is 0 Å². The molecule has 12 heteroatoms. The minimum absolute atomic E-state index is 0.0235. The van der Waals surface area contributed by atoms with Crippen LogP contribution in [0.3, 0.4) is 0 Å². The SMILES string of the molecule is Cc1c(B2OC(C)(C)C(C)(C)O2)ccc2c3scnc3c(=O)n(C3CC3)c12.Cc1c(N)ccc2c3scnc3c(=O)n(C3CC3)c12. The van der Waals surface area contributed by atoms with Crippen LogP contribution in [0, 0.1) is 13.8 Å². The molecular weight excluding hydrogens is 617 g/mol. The van der Waals surface area contributed by atoms with Crippen molar-refractivity contribution in [2.24, 2.45) is 0 Å². The van der Waals surface area contributed by atoms with Gasteiger partial charge in [0.1, 0.15) is 11.0 Å². The summed E-state index contributed by atoms with van der Waals surface area (Å²) in [4.78, 5) is 34.3. The summed E-state index contributed by atoms with van der Waals surface area (Å²) in [6, 6.07) is 8.71. The summed E-state index contributed by atoms with van der Waals surface area (Å²) in [5.41, 5.74) is 15.8. The summed E-state index contributed by atoms with van der Waals surface area (Å²) in [5.74, 6) is 0. The van der Waals surface area contributed by atoms with Gasteiger partial charge in [-0.25, -0.2) is 9.97 Å². The lowest BCUT2D eigenvalue weighted by Gasteiger charge is -2.32. The zero-order valence-electron chi connectivity index (χ0n) is 26.8. The number of nitrogens with zero attached hydrogens (tertiary/aromatic N) is 4. The summed E-state index contributed by atoms with van der Waals surface area (Å²) in [7, 11) is -0.431. The number of aryl methyl sites for hydroxylation is 2. The van der Waals surface area contributed by atoms with Crippen LogP contribution in [0.15, 0.2) is 44.9 Å². The van der Waals surface area contributed by atoms with E-state index in [-0.39, 0.29) is 17.2 Å². The molecule has 2 N–H and O–H groups in total. The summed E-state index contributed by atoms with van der Waals surface area (Å²) in [5, 5.41) is 2.19. The molecule has 9 nitrogen and oxygen atoms in total. The molecule has 1 aliphatic heterocycles. The van der Waals surface area contributed by atoms with Crippen molar-refractivity contribution < 1.29 is 9.31 Å². The Balaban J connectivity index is 0.000000144. The molecule has 6 aromatic rings. The number of hydrogen-bond acceptors (Lipinski definition) is 9. The number of fused-ring (bicyclic) bond motifs is 6. The topological polar surface area (TPSA) is 114 Å². The molecule has 2 saturated carbocycles. The number of thiazole rings is 2. The lowest BCUT2D eigenvalue weighted by molar-refractivity contribution is 0.00578. The first kappa shape index (κ1) is 29.8. The number of hydrogen-bond donors (Lipinski definition) is 1. The number of nitrogens with two attached hydrogens (primary N) is 1. The van der Waals surface area contributed by atoms with E-state index >= 15 is 0 Å². The summed E-state index contributed by atoms with van der Waals surface area (Å²) in [6.07, 6.45) is 4.23. The number of nitrogen functional groups attached to an aromatic ring is 1. The van der Waals surface area contributed by atoms with Gasteiger partial charge >= 0.3 is 7.12 Å². The second kappa shape index (κ2) is 10.2. The maximum atomic E-state index is 13.1. The highest BCUT2D eigenvalue weighted by Crippen LogP contribution is 2.41. The molecule has 0 atom stereocenters. The Morgan fingerprint density at radius 1 is 0.761 bits per heavy atom. The lowest BCUT2D eigenvalue weighted by Crippen LogP contribution is -2.41. The number of aromatic nitrogens is 4. The summed E-state index contributed by atoms with van der Waals surface area (Å²) < 4.78 is 18.4. The fourth-order valence-corrected chi connectivity index (χ4v) is 8.23. The minimum atomic E-state index is -0.431. The summed E-state index contributed by atoms with van der Waals surface area (Å²) >= 11 is 3.05. The highest BCUT2D eigenvalue weighted by molar-refractivity contribution is 7.18. The maximum Gasteiger partial charge on any atom is 0.495 e. The first-order valence-electron chi connectivity index (χ1n) is 15.8. The molecule has 0 radical (unpaired) electrons. The second-order valence-electron chi connectivity index (χ2n) is 13.8. The summed E-state index contributed by atoms with van der Waals surface area (Å²) in [6.45, 7) is 12.3. The molecule has 3 fully saturated rings. The van der Waals surface area contributed by atoms with Gasteiger partial charge in [-0.2, -0.15) is 0 Å². The third-order valence-corrected chi connectivity index (χ3v) is 11.9. The molecule has 3 aliphatic rings. The highest BCUT2D eigenvalue weighted by Gasteiger charge is 2.52. The molecule has 2 aliphatic carbocycles. The number of pyridine rings is 2. The van der Waals surface area contributed by atoms with Crippen molar-refractivity contribution in [3.05, 3.63) is 67.1 Å². The monoisotopic (exact) mass is 653 g/mol. The predicted octanol–water partition coefficient (Wildman–Crippen LogP) is 6.39. The molecule has 0 unspecified atom stereocenters. The van der Waals surface area contributed by atoms with E-state index in [0.29, 0.717) is 17.1 Å². The second-order valence-corrected chi connectivity index (χ2v) is 15.5. The zero-order chi connectivity index (χ0) is 32.3. The Hall–Kier alpha value is -3.58. The lowest BCUT2D eigenvalue weighted by atomic mass is 9.75. The van der Waals surface area contributed by atoms with E-state index in [1.54, 1.807) is 11.0 Å². The van der Waals surface area contributed by atoms with Crippen molar-refractivity contribution in [2.75, 3.05) is 5.73 Å². The molecule has 5 heterocycles. The molecule has 0 bridgehead atoms. The van der Waals surface area contributed by atoms with Gasteiger partial charge in [0.2, 0.25) is 0 Å². The smallest absolute Gasteiger partial charge is 0.399 e. The molecule has 9 rings (SSSR count). The fraction of sp³-hybridized carbons (Fsp3) is 0.412. The molecule has 2 aromatic carbocycles. The normalized spacial score (nSPS) is 19.0. The Bertz CT molecular complexity index is 2330. The third kappa shape index (κ3) is 4.41. The van der Waals surface area contributed by atoms with E-state index < -0.39 is 18.3 Å². The van der Waals surface area contributed by atoms with Gasteiger partial charge in [-0.15, -0.1) is 22.7 Å². The van der Waals surface area contributed by atoms with Gasteiger partial charge in [0.25, 0.3) is 11.1 Å². The van der Waals surface area contributed by atoms with Crippen LogP contribution < -0.4 is 22.3 Å². The number of benzene rings is 2. The van der Waals surface area contributed by atoms with Gasteiger partial charge in [-0.1, -0.05) is 12.1 Å². The quantitative estimate of drug-likeness (QED) is 0.174. The van der Waals surface area contributed by atoms with Gasteiger partial charge in [0.05, 0.1) is 42.7 Å². The van der Waals surface area contributed by atoms with Gasteiger partial charge in [-0.3, -0.25) is 9.59 Å². The predicted molar refractivity (Wildman–Crippen MR) is 189 cm³/mol. The van der Waals surface area contributed by atoms with Crippen LogP contribution >= 0.6 is 22.7 Å². The Morgan fingerprint density at radius 3 is 1.70 bits per heavy atom. The van der Waals surface area contributed by atoms with Crippen molar-refractivity contribution in [3.63, 3.8) is 0 Å². The minimum Gasteiger partial charge on any atom is -0.399 e. The van der Waals surface area contributed by atoms with E-state index in [1.165, 1.54) is 22.7 Å². The molecule has 1 saturated heterocycles. The Labute approximate surface area is 274 Å². The molecule has 46 heavy (non-hydrogen) atoms. The van der Waals surface area contributed by atoms with E-state index in [1.807, 2.05) is 28.2 Å². The van der Waals surface area contributed by atoms with Crippen molar-refractivity contribution in [1.82, 2.24) is 19.1 Å². The standard InChI is InChI=1S/C20H23BN2O3S.C14H13N3OS/c1-11-14(21-25-19(2,3)20(4,5)26-21)9-8-13-16(11)23(12-6-7-12)18(24)15-17(13)27-10-22-15;1-7-10(15)5-4-9-12(7)17(8-2-3-8)14(18)11-13(9)19-6-16-11/h8-10,12H,6-7H2,1-5H3;4-6,8H,2-3,15H2,1H3. The molecule has 4 aromatic heterocycles. The first-order valence-corrected chi connectivity index (χ1v) is 17.6. The van der Waals surface area contributed by atoms with Crippen LogP contribution in [0.25, 0.3) is 42.2 Å². The zero-order valence-corrected chi connectivity index (χ0v) is 28.5. The average molecular weight is 654 g/mol. The number of anilines is 1. The molecule has 0 spiro atoms. The third-order valence-electron chi connectivity index (χ3n) is 10.2. The van der Waals surface area contributed by atoms with E-state index in [4.69, 9.17) is 15.0 Å². The van der Waals surface area contributed by atoms with E-state index in [9.17, 15) is 9.59 Å². The Kier molecular flexibility index (Phi) is 6.62. The van der Waals surface area contributed by atoms with E-state index in [2.05, 4.69) is 56.7 Å². The first-order chi connectivity index (χ1) is 21.9. The van der Waals surface area contributed by atoms with Crippen LogP contribution in [-0.2, 0) is 9.31 Å². The molecule has 236 valence electrons. The van der Waals surface area contributed by atoms with Crippen LogP contribution in [-0.4, -0.2) is 37.4 Å². The molecule has 0 amide bonds. The maximum absolute atomic E-state index is 13.1. The van der Waals surface area contributed by atoms with Crippen LogP contribution in [0.1, 0.15) is 76.6 Å². The van der Waals surface area contributed by atoms with Crippen molar-refractivity contribution in [1.29, 1.82) is 0 Å². The van der Waals surface area contributed by atoms with Gasteiger partial charge < -0.3 is 24.2 Å². The largest absolute Gasteiger partial charge is 0.495 e.